The van der Waals surface area contributed by atoms with Crippen LogP contribution in [0.1, 0.15) is 11.1 Å². The molecule has 0 radical (unpaired) electrons. The number of pyridine rings is 1. The van der Waals surface area contributed by atoms with E-state index in [-0.39, 0.29) is 12.4 Å². The first-order valence-corrected chi connectivity index (χ1v) is 10.5. The molecule has 4 rings (SSSR count). The quantitative estimate of drug-likeness (QED) is 0.365. The van der Waals surface area contributed by atoms with Gasteiger partial charge in [-0.25, -0.2) is 18.9 Å². The summed E-state index contributed by atoms with van der Waals surface area (Å²) in [5.74, 6) is -1.03. The van der Waals surface area contributed by atoms with Crippen molar-refractivity contribution in [2.45, 2.75) is 25.1 Å². The number of carboxylic acid groups (broad SMARTS) is 1. The maximum atomic E-state index is 13.2. The number of aliphatic hydroxyl groups excluding tert-OH is 1. The smallest absolute Gasteiger partial charge is 0.334 e. The van der Waals surface area contributed by atoms with Crippen LogP contribution in [0.5, 0.6) is 0 Å². The number of halogens is 1. The Bertz CT molecular complexity index is 1210. The van der Waals surface area contributed by atoms with Gasteiger partial charge in [-0.3, -0.25) is 0 Å². The highest BCUT2D eigenvalue weighted by molar-refractivity contribution is 5.73. The molecule has 168 valence electrons. The molecule has 0 spiro atoms. The molecule has 2 atom stereocenters. The first-order chi connectivity index (χ1) is 16.0. The molecular weight excluding hydrogens is 423 g/mol. The molecular formula is C25H23FN4O3. The Morgan fingerprint density at radius 1 is 1.03 bits per heavy atom. The van der Waals surface area contributed by atoms with Gasteiger partial charge in [-0.05, 0) is 48.4 Å². The maximum Gasteiger partial charge on any atom is 0.334 e. The third kappa shape index (κ3) is 5.49. The highest BCUT2D eigenvalue weighted by Crippen LogP contribution is 2.20. The van der Waals surface area contributed by atoms with Gasteiger partial charge < -0.3 is 15.5 Å². The summed E-state index contributed by atoms with van der Waals surface area (Å²) in [5.41, 5.74) is 3.14. The first-order valence-electron chi connectivity index (χ1n) is 10.5. The van der Waals surface area contributed by atoms with E-state index in [0.717, 1.165) is 16.7 Å². The molecule has 33 heavy (non-hydrogen) atoms. The van der Waals surface area contributed by atoms with E-state index in [2.05, 4.69) is 15.4 Å². The molecule has 2 aromatic carbocycles. The Morgan fingerprint density at radius 3 is 2.52 bits per heavy atom. The molecule has 0 fully saturated rings. The van der Waals surface area contributed by atoms with Crippen LogP contribution in [0.25, 0.3) is 17.1 Å². The Hall–Kier alpha value is -3.88. The molecule has 0 aliphatic rings. The zero-order valence-electron chi connectivity index (χ0n) is 17.7. The molecule has 2 aromatic heterocycles. The van der Waals surface area contributed by atoms with Gasteiger partial charge >= 0.3 is 5.97 Å². The number of carbonyl (C=O) groups is 1. The van der Waals surface area contributed by atoms with Crippen molar-refractivity contribution in [2.75, 3.05) is 0 Å². The number of benzene rings is 2. The van der Waals surface area contributed by atoms with Gasteiger partial charge in [-0.2, -0.15) is 5.10 Å². The van der Waals surface area contributed by atoms with Crippen molar-refractivity contribution in [1.82, 2.24) is 20.1 Å². The molecule has 0 saturated heterocycles. The van der Waals surface area contributed by atoms with Crippen LogP contribution < -0.4 is 5.32 Å². The van der Waals surface area contributed by atoms with Gasteiger partial charge in [0.1, 0.15) is 5.82 Å². The SMILES string of the molecule is O=C(O)C(O)C(Cc1ccccc1)NCc1cccnc1-n1ccc(-c2ccc(F)cc2)n1. The van der Waals surface area contributed by atoms with Gasteiger partial charge in [-0.1, -0.05) is 36.4 Å². The summed E-state index contributed by atoms with van der Waals surface area (Å²) in [6.07, 6.45) is 2.18. The number of hydrogen-bond donors (Lipinski definition) is 3. The van der Waals surface area contributed by atoms with Crippen LogP contribution in [0.2, 0.25) is 0 Å². The fraction of sp³-hybridized carbons (Fsp3) is 0.160. The molecule has 2 unspecified atom stereocenters. The second-order valence-corrected chi connectivity index (χ2v) is 7.60. The molecule has 0 bridgehead atoms. The van der Waals surface area contributed by atoms with Gasteiger partial charge in [0.2, 0.25) is 0 Å². The third-order valence-corrected chi connectivity index (χ3v) is 5.30. The van der Waals surface area contributed by atoms with E-state index in [4.69, 9.17) is 0 Å². The number of nitrogens with one attached hydrogen (secondary N) is 1. The molecule has 7 nitrogen and oxygen atoms in total. The van der Waals surface area contributed by atoms with Gasteiger partial charge in [0, 0.05) is 36.1 Å². The molecule has 0 amide bonds. The van der Waals surface area contributed by atoms with E-state index in [1.54, 1.807) is 35.3 Å². The Balaban J connectivity index is 1.54. The van der Waals surface area contributed by atoms with Crippen molar-refractivity contribution in [3.63, 3.8) is 0 Å². The van der Waals surface area contributed by atoms with Crippen molar-refractivity contribution in [3.8, 4) is 17.1 Å². The highest BCUT2D eigenvalue weighted by atomic mass is 19.1. The predicted octanol–water partition coefficient (Wildman–Crippen LogP) is 3.22. The van der Waals surface area contributed by atoms with E-state index in [1.165, 1.54) is 12.1 Å². The fourth-order valence-electron chi connectivity index (χ4n) is 3.57. The lowest BCUT2D eigenvalue weighted by Gasteiger charge is -2.22. The van der Waals surface area contributed by atoms with Gasteiger partial charge in [0.05, 0.1) is 5.69 Å². The average molecular weight is 446 g/mol. The van der Waals surface area contributed by atoms with Crippen molar-refractivity contribution in [3.05, 3.63) is 102 Å². The van der Waals surface area contributed by atoms with Gasteiger partial charge in [0.25, 0.3) is 0 Å². The Morgan fingerprint density at radius 2 is 1.79 bits per heavy atom. The van der Waals surface area contributed by atoms with Crippen LogP contribution in [-0.2, 0) is 17.8 Å². The van der Waals surface area contributed by atoms with E-state index in [9.17, 15) is 19.4 Å². The molecule has 8 heteroatoms. The fourth-order valence-corrected chi connectivity index (χ4v) is 3.57. The minimum absolute atomic E-state index is 0.275. The lowest BCUT2D eigenvalue weighted by Crippen LogP contribution is -2.45. The molecule has 0 aliphatic carbocycles. The van der Waals surface area contributed by atoms with Crippen LogP contribution in [0.3, 0.4) is 0 Å². The van der Waals surface area contributed by atoms with Crippen molar-refractivity contribution >= 4 is 5.97 Å². The van der Waals surface area contributed by atoms with E-state index in [0.29, 0.717) is 17.9 Å². The second kappa shape index (κ2) is 10.2. The number of aromatic nitrogens is 3. The predicted molar refractivity (Wildman–Crippen MR) is 121 cm³/mol. The molecule has 2 heterocycles. The standard InChI is InChI=1S/C25H23FN4O3/c26-20-10-8-18(9-11-20)21-12-14-30(29-21)24-19(7-4-13-27-24)16-28-22(23(31)25(32)33)15-17-5-2-1-3-6-17/h1-14,22-23,28,31H,15-16H2,(H,32,33). The third-order valence-electron chi connectivity index (χ3n) is 5.30. The lowest BCUT2D eigenvalue weighted by molar-refractivity contribution is -0.148. The van der Waals surface area contributed by atoms with Crippen molar-refractivity contribution < 1.29 is 19.4 Å². The normalized spacial score (nSPS) is 12.9. The monoisotopic (exact) mass is 446 g/mol. The topological polar surface area (TPSA) is 100 Å². The molecule has 4 aromatic rings. The summed E-state index contributed by atoms with van der Waals surface area (Å²) in [6, 6.07) is 20.2. The van der Waals surface area contributed by atoms with Crippen LogP contribution in [0.15, 0.2) is 85.2 Å². The van der Waals surface area contributed by atoms with E-state index in [1.807, 2.05) is 42.5 Å². The van der Waals surface area contributed by atoms with Crippen LogP contribution >= 0.6 is 0 Å². The Kier molecular flexibility index (Phi) is 6.87. The summed E-state index contributed by atoms with van der Waals surface area (Å²) in [4.78, 5) is 15.9. The number of rotatable bonds is 9. The molecule has 3 N–H and O–H groups in total. The summed E-state index contributed by atoms with van der Waals surface area (Å²) in [6.45, 7) is 0.275. The molecule has 0 saturated carbocycles. The van der Waals surface area contributed by atoms with Crippen LogP contribution in [-0.4, -0.2) is 43.1 Å². The largest absolute Gasteiger partial charge is 0.479 e. The first kappa shape index (κ1) is 22.3. The molecule has 0 aliphatic heterocycles. The number of carboxylic acids is 1. The highest BCUT2D eigenvalue weighted by Gasteiger charge is 2.26. The van der Waals surface area contributed by atoms with E-state index < -0.39 is 18.1 Å². The number of aliphatic carboxylic acids is 1. The lowest BCUT2D eigenvalue weighted by atomic mass is 10.0. The minimum Gasteiger partial charge on any atom is -0.479 e. The minimum atomic E-state index is -1.57. The zero-order valence-corrected chi connectivity index (χ0v) is 17.7. The second-order valence-electron chi connectivity index (χ2n) is 7.60. The van der Waals surface area contributed by atoms with Crippen molar-refractivity contribution in [2.24, 2.45) is 0 Å². The average Bonchev–Trinajstić information content (AvgIpc) is 3.32. The van der Waals surface area contributed by atoms with Crippen molar-refractivity contribution in [1.29, 1.82) is 0 Å². The summed E-state index contributed by atoms with van der Waals surface area (Å²) in [7, 11) is 0. The Labute approximate surface area is 190 Å². The van der Waals surface area contributed by atoms with Gasteiger partial charge in [-0.15, -0.1) is 0 Å². The van der Waals surface area contributed by atoms with Crippen LogP contribution in [0.4, 0.5) is 4.39 Å². The maximum absolute atomic E-state index is 13.2. The summed E-state index contributed by atoms with van der Waals surface area (Å²) in [5, 5.41) is 27.3. The number of hydrogen-bond acceptors (Lipinski definition) is 5. The summed E-state index contributed by atoms with van der Waals surface area (Å²) >= 11 is 0. The number of aliphatic hydroxyl groups is 1. The number of nitrogens with zero attached hydrogens (tertiary/aromatic N) is 3. The summed E-state index contributed by atoms with van der Waals surface area (Å²) < 4.78 is 14.8. The van der Waals surface area contributed by atoms with E-state index >= 15 is 0 Å². The van der Waals surface area contributed by atoms with Crippen LogP contribution in [0, 0.1) is 5.82 Å². The van der Waals surface area contributed by atoms with Gasteiger partial charge in [0.15, 0.2) is 11.9 Å². The zero-order chi connectivity index (χ0) is 23.2.